The highest BCUT2D eigenvalue weighted by molar-refractivity contribution is 5.56. The maximum absolute atomic E-state index is 10.2. The molecule has 0 atom stereocenters. The SMILES string of the molecule is CCCCCCCCCCCCCCCCCCCCCCCOC(=O)O. The first-order valence-corrected chi connectivity index (χ1v) is 12.1. The summed E-state index contributed by atoms with van der Waals surface area (Å²) in [6.07, 6.45) is 27.5. The molecule has 0 heterocycles. The number of rotatable bonds is 22. The minimum Gasteiger partial charge on any atom is -0.450 e. The summed E-state index contributed by atoms with van der Waals surface area (Å²) in [5, 5.41) is 8.36. The largest absolute Gasteiger partial charge is 0.505 e. The highest BCUT2D eigenvalue weighted by atomic mass is 16.7. The molecule has 3 nitrogen and oxygen atoms in total. The molecule has 0 saturated heterocycles. The minimum absolute atomic E-state index is 0.356. The topological polar surface area (TPSA) is 46.5 Å². The van der Waals surface area contributed by atoms with E-state index in [1.54, 1.807) is 0 Å². The monoisotopic (exact) mass is 384 g/mol. The first kappa shape index (κ1) is 26.3. The number of hydrogen-bond acceptors (Lipinski definition) is 2. The van der Waals surface area contributed by atoms with Gasteiger partial charge in [-0.1, -0.05) is 135 Å². The second-order valence-corrected chi connectivity index (χ2v) is 8.19. The van der Waals surface area contributed by atoms with E-state index in [0.717, 1.165) is 12.8 Å². The van der Waals surface area contributed by atoms with Gasteiger partial charge in [0.25, 0.3) is 0 Å². The maximum atomic E-state index is 10.2. The molecule has 0 spiro atoms. The van der Waals surface area contributed by atoms with Gasteiger partial charge in [-0.2, -0.15) is 0 Å². The molecule has 27 heavy (non-hydrogen) atoms. The molecular weight excluding hydrogens is 336 g/mol. The van der Waals surface area contributed by atoms with Crippen molar-refractivity contribution in [3.8, 4) is 0 Å². The molecule has 0 aliphatic carbocycles. The second kappa shape index (κ2) is 23.3. The zero-order valence-corrected chi connectivity index (χ0v) is 18.3. The Hall–Kier alpha value is -0.730. The summed E-state index contributed by atoms with van der Waals surface area (Å²) in [7, 11) is 0. The molecule has 0 bridgehead atoms. The van der Waals surface area contributed by atoms with Crippen LogP contribution in [-0.2, 0) is 4.74 Å². The van der Waals surface area contributed by atoms with Gasteiger partial charge in [0.15, 0.2) is 0 Å². The molecule has 0 saturated carbocycles. The third kappa shape index (κ3) is 25.3. The van der Waals surface area contributed by atoms with Crippen LogP contribution in [0.3, 0.4) is 0 Å². The number of carboxylic acid groups (broad SMARTS) is 1. The Kier molecular flexibility index (Phi) is 22.7. The lowest BCUT2D eigenvalue weighted by atomic mass is 10.0. The molecule has 1 N–H and O–H groups in total. The molecule has 0 unspecified atom stereocenters. The van der Waals surface area contributed by atoms with Crippen molar-refractivity contribution in [1.82, 2.24) is 0 Å². The van der Waals surface area contributed by atoms with E-state index >= 15 is 0 Å². The Balaban J connectivity index is 2.98. The number of ether oxygens (including phenoxy) is 1. The van der Waals surface area contributed by atoms with E-state index in [9.17, 15) is 4.79 Å². The fourth-order valence-electron chi connectivity index (χ4n) is 3.69. The third-order valence-electron chi connectivity index (χ3n) is 5.47. The van der Waals surface area contributed by atoms with Crippen molar-refractivity contribution in [2.45, 2.75) is 142 Å². The van der Waals surface area contributed by atoms with Crippen LogP contribution in [0.2, 0.25) is 0 Å². The van der Waals surface area contributed by atoms with Gasteiger partial charge in [-0.15, -0.1) is 0 Å². The van der Waals surface area contributed by atoms with E-state index in [1.807, 2.05) is 0 Å². The molecule has 0 amide bonds. The zero-order valence-electron chi connectivity index (χ0n) is 18.3. The molecular formula is C24H48O3. The van der Waals surface area contributed by atoms with Gasteiger partial charge in [0.2, 0.25) is 0 Å². The van der Waals surface area contributed by atoms with Crippen molar-refractivity contribution in [1.29, 1.82) is 0 Å². The van der Waals surface area contributed by atoms with Crippen molar-refractivity contribution >= 4 is 6.16 Å². The summed E-state index contributed by atoms with van der Waals surface area (Å²) in [6, 6.07) is 0. The van der Waals surface area contributed by atoms with Crippen LogP contribution in [0.15, 0.2) is 0 Å². The fourth-order valence-corrected chi connectivity index (χ4v) is 3.69. The van der Waals surface area contributed by atoms with E-state index in [1.165, 1.54) is 122 Å². The van der Waals surface area contributed by atoms with Crippen molar-refractivity contribution < 1.29 is 14.6 Å². The van der Waals surface area contributed by atoms with Crippen LogP contribution in [0, 0.1) is 0 Å². The lowest BCUT2D eigenvalue weighted by Gasteiger charge is -2.04. The maximum Gasteiger partial charge on any atom is 0.505 e. The van der Waals surface area contributed by atoms with Crippen molar-refractivity contribution in [2.75, 3.05) is 6.61 Å². The second-order valence-electron chi connectivity index (χ2n) is 8.19. The molecule has 0 aromatic heterocycles. The lowest BCUT2D eigenvalue weighted by Crippen LogP contribution is -2.01. The molecule has 0 radical (unpaired) electrons. The van der Waals surface area contributed by atoms with E-state index in [2.05, 4.69) is 11.7 Å². The number of hydrogen-bond donors (Lipinski definition) is 1. The van der Waals surface area contributed by atoms with Gasteiger partial charge in [0.1, 0.15) is 0 Å². The van der Waals surface area contributed by atoms with Crippen LogP contribution in [0.5, 0.6) is 0 Å². The molecule has 0 aromatic carbocycles. The van der Waals surface area contributed by atoms with Crippen LogP contribution < -0.4 is 0 Å². The highest BCUT2D eigenvalue weighted by Gasteiger charge is 1.97. The summed E-state index contributed by atoms with van der Waals surface area (Å²) in [5.74, 6) is 0. The van der Waals surface area contributed by atoms with Crippen LogP contribution in [0.1, 0.15) is 142 Å². The van der Waals surface area contributed by atoms with Gasteiger partial charge < -0.3 is 9.84 Å². The molecule has 162 valence electrons. The summed E-state index contributed by atoms with van der Waals surface area (Å²) in [5.41, 5.74) is 0. The Morgan fingerprint density at radius 3 is 1.04 bits per heavy atom. The predicted molar refractivity (Wildman–Crippen MR) is 117 cm³/mol. The van der Waals surface area contributed by atoms with Crippen molar-refractivity contribution in [2.24, 2.45) is 0 Å². The smallest absolute Gasteiger partial charge is 0.450 e. The molecule has 0 aliphatic rings. The van der Waals surface area contributed by atoms with E-state index in [4.69, 9.17) is 5.11 Å². The summed E-state index contributed by atoms with van der Waals surface area (Å²) < 4.78 is 4.50. The van der Waals surface area contributed by atoms with E-state index in [-0.39, 0.29) is 0 Å². The quantitative estimate of drug-likeness (QED) is 0.150. The predicted octanol–water partition coefficient (Wildman–Crippen LogP) is 8.89. The average molecular weight is 385 g/mol. The highest BCUT2D eigenvalue weighted by Crippen LogP contribution is 2.15. The molecule has 0 aromatic rings. The minimum atomic E-state index is -1.15. The summed E-state index contributed by atoms with van der Waals surface area (Å²) in [4.78, 5) is 10.2. The first-order chi connectivity index (χ1) is 13.3. The van der Waals surface area contributed by atoms with Crippen molar-refractivity contribution in [3.05, 3.63) is 0 Å². The molecule has 3 heteroatoms. The summed E-state index contributed by atoms with van der Waals surface area (Å²) >= 11 is 0. The fraction of sp³-hybridized carbons (Fsp3) is 0.958. The van der Waals surface area contributed by atoms with Gasteiger partial charge in [0.05, 0.1) is 6.61 Å². The lowest BCUT2D eigenvalue weighted by molar-refractivity contribution is 0.0899. The number of unbranched alkanes of at least 4 members (excludes halogenated alkanes) is 20. The number of carbonyl (C=O) groups is 1. The van der Waals surface area contributed by atoms with E-state index < -0.39 is 6.16 Å². The van der Waals surface area contributed by atoms with Gasteiger partial charge >= 0.3 is 6.16 Å². The van der Waals surface area contributed by atoms with Crippen LogP contribution in [0.4, 0.5) is 4.79 Å². The first-order valence-electron chi connectivity index (χ1n) is 12.1. The third-order valence-corrected chi connectivity index (χ3v) is 5.47. The van der Waals surface area contributed by atoms with Crippen LogP contribution in [0.25, 0.3) is 0 Å². The van der Waals surface area contributed by atoms with Gasteiger partial charge in [-0.05, 0) is 6.42 Å². The van der Waals surface area contributed by atoms with Crippen LogP contribution in [-0.4, -0.2) is 17.9 Å². The Morgan fingerprint density at radius 2 is 0.778 bits per heavy atom. The standard InChI is InChI=1S/C24H48O3/c1-2-3-4-5-6-7-8-9-10-11-12-13-14-15-16-17-18-19-20-21-22-23-27-24(25)26/h2-23H2,1H3,(H,25,26). The molecule has 0 rings (SSSR count). The van der Waals surface area contributed by atoms with Gasteiger partial charge in [0, 0.05) is 0 Å². The van der Waals surface area contributed by atoms with E-state index in [0.29, 0.717) is 6.61 Å². The summed E-state index contributed by atoms with van der Waals surface area (Å²) in [6.45, 7) is 2.64. The van der Waals surface area contributed by atoms with Gasteiger partial charge in [-0.25, -0.2) is 4.79 Å². The van der Waals surface area contributed by atoms with Gasteiger partial charge in [-0.3, -0.25) is 0 Å². The Labute approximate surface area is 169 Å². The Bertz CT molecular complexity index is 291. The molecule has 0 aliphatic heterocycles. The zero-order chi connectivity index (χ0) is 19.8. The molecule has 0 fully saturated rings. The normalized spacial score (nSPS) is 11.0. The Morgan fingerprint density at radius 1 is 0.519 bits per heavy atom. The van der Waals surface area contributed by atoms with Crippen LogP contribution >= 0.6 is 0 Å². The average Bonchev–Trinajstić information content (AvgIpc) is 2.65. The van der Waals surface area contributed by atoms with Crippen molar-refractivity contribution in [3.63, 3.8) is 0 Å².